The molecule has 10 heteroatoms. The number of benzene rings is 2. The van der Waals surface area contributed by atoms with Crippen LogP contribution in [0.5, 0.6) is 5.75 Å². The summed E-state index contributed by atoms with van der Waals surface area (Å²) in [5.74, 6) is -0.653. The van der Waals surface area contributed by atoms with Gasteiger partial charge >= 0.3 is 0 Å². The molecule has 0 radical (unpaired) electrons. The second-order valence-corrected chi connectivity index (χ2v) is 10.6. The zero-order valence-corrected chi connectivity index (χ0v) is 19.1. The van der Waals surface area contributed by atoms with Gasteiger partial charge in [0.2, 0.25) is 5.91 Å². The van der Waals surface area contributed by atoms with Gasteiger partial charge < -0.3 is 9.47 Å². The lowest BCUT2D eigenvalue weighted by Crippen LogP contribution is -2.38. The van der Waals surface area contributed by atoms with E-state index in [0.29, 0.717) is 29.5 Å². The number of hydrogen-bond acceptors (Lipinski definition) is 7. The predicted molar refractivity (Wildman–Crippen MR) is 121 cm³/mol. The normalized spacial score (nSPS) is 16.4. The fourth-order valence-corrected chi connectivity index (χ4v) is 5.83. The molecule has 0 aliphatic carbocycles. The molecule has 0 saturated carbocycles. The second-order valence-electron chi connectivity index (χ2n) is 7.47. The topological polar surface area (TPSA) is 85.8 Å². The van der Waals surface area contributed by atoms with Crippen molar-refractivity contribution < 1.29 is 27.1 Å². The van der Waals surface area contributed by atoms with Crippen LogP contribution in [0.1, 0.15) is 19.3 Å². The van der Waals surface area contributed by atoms with E-state index in [-0.39, 0.29) is 29.1 Å². The van der Waals surface area contributed by atoms with Gasteiger partial charge in [-0.1, -0.05) is 17.4 Å². The number of carbonyl (C=O) groups is 1. The van der Waals surface area contributed by atoms with E-state index in [1.165, 1.54) is 28.4 Å². The van der Waals surface area contributed by atoms with Crippen LogP contribution in [-0.2, 0) is 19.4 Å². The number of thiazole rings is 1. The number of fused-ring (bicyclic) bond motifs is 1. The van der Waals surface area contributed by atoms with Gasteiger partial charge in [0.25, 0.3) is 0 Å². The first-order valence-corrected chi connectivity index (χ1v) is 12.7. The predicted octanol–water partition coefficient (Wildman–Crippen LogP) is 3.82. The average Bonchev–Trinajstić information content (AvgIpc) is 3.45. The number of aromatic nitrogens is 1. The Morgan fingerprint density at radius 2 is 2.06 bits per heavy atom. The van der Waals surface area contributed by atoms with Gasteiger partial charge in [0.15, 0.2) is 15.0 Å². The Hall–Kier alpha value is -2.56. The molecule has 1 unspecified atom stereocenters. The maximum atomic E-state index is 13.2. The molecule has 7 nitrogen and oxygen atoms in total. The highest BCUT2D eigenvalue weighted by Crippen LogP contribution is 2.35. The van der Waals surface area contributed by atoms with Gasteiger partial charge in [0.05, 0.1) is 35.1 Å². The standard InChI is InChI=1S/C22H23FN2O5S2/c1-29-18-5-2-6-19-21(18)24-22(31-19)25(14-16-4-3-12-30-16)20(26)11-13-32(27,28)17-9-7-15(23)8-10-17/h2,5-10,16H,3-4,11-14H2,1H3. The minimum atomic E-state index is -3.73. The van der Waals surface area contributed by atoms with Crippen LogP contribution in [0, 0.1) is 5.82 Å². The molecular weight excluding hydrogens is 455 g/mol. The molecule has 2 heterocycles. The van der Waals surface area contributed by atoms with Gasteiger partial charge in [-0.3, -0.25) is 9.69 Å². The lowest BCUT2D eigenvalue weighted by Gasteiger charge is -2.23. The Balaban J connectivity index is 1.57. The van der Waals surface area contributed by atoms with Crippen molar-refractivity contribution in [3.8, 4) is 5.75 Å². The number of amides is 1. The third-order valence-corrected chi connectivity index (χ3v) is 8.07. The number of halogens is 1. The molecule has 4 rings (SSSR count). The molecule has 1 amide bonds. The van der Waals surface area contributed by atoms with Crippen LogP contribution in [0.4, 0.5) is 9.52 Å². The van der Waals surface area contributed by atoms with Gasteiger partial charge in [0, 0.05) is 13.0 Å². The molecule has 0 bridgehead atoms. The number of ether oxygens (including phenoxy) is 2. The van der Waals surface area contributed by atoms with Crippen LogP contribution in [0.3, 0.4) is 0 Å². The highest BCUT2D eigenvalue weighted by molar-refractivity contribution is 7.91. The summed E-state index contributed by atoms with van der Waals surface area (Å²) in [5, 5.41) is 0.476. The van der Waals surface area contributed by atoms with Crippen LogP contribution in [0.15, 0.2) is 47.4 Å². The quantitative estimate of drug-likeness (QED) is 0.458. The highest BCUT2D eigenvalue weighted by Gasteiger charge is 2.28. The van der Waals surface area contributed by atoms with E-state index in [1.54, 1.807) is 13.2 Å². The van der Waals surface area contributed by atoms with Crippen molar-refractivity contribution in [2.75, 3.05) is 30.9 Å². The number of sulfone groups is 1. The number of hydrogen-bond donors (Lipinski definition) is 0. The fraction of sp³-hybridized carbons (Fsp3) is 0.364. The van der Waals surface area contributed by atoms with Gasteiger partial charge in [-0.05, 0) is 49.2 Å². The van der Waals surface area contributed by atoms with E-state index in [1.807, 2.05) is 12.1 Å². The van der Waals surface area contributed by atoms with Gasteiger partial charge in [-0.2, -0.15) is 0 Å². The molecule has 1 aliphatic rings. The summed E-state index contributed by atoms with van der Waals surface area (Å²) in [6.45, 7) is 0.941. The number of nitrogens with zero attached hydrogens (tertiary/aromatic N) is 2. The Morgan fingerprint density at radius 1 is 1.28 bits per heavy atom. The molecule has 3 aromatic rings. The summed E-state index contributed by atoms with van der Waals surface area (Å²) < 4.78 is 50.3. The van der Waals surface area contributed by atoms with Crippen LogP contribution in [0.2, 0.25) is 0 Å². The maximum absolute atomic E-state index is 13.2. The number of carbonyl (C=O) groups excluding carboxylic acids is 1. The van der Waals surface area contributed by atoms with E-state index >= 15 is 0 Å². The minimum Gasteiger partial charge on any atom is -0.494 e. The number of rotatable bonds is 8. The van der Waals surface area contributed by atoms with E-state index in [9.17, 15) is 17.6 Å². The second kappa shape index (κ2) is 9.51. The summed E-state index contributed by atoms with van der Waals surface area (Å²) in [6.07, 6.45) is 1.39. The lowest BCUT2D eigenvalue weighted by atomic mass is 10.2. The van der Waals surface area contributed by atoms with Crippen LogP contribution in [-0.4, -0.2) is 51.4 Å². The fourth-order valence-electron chi connectivity index (χ4n) is 3.59. The Morgan fingerprint density at radius 3 is 2.75 bits per heavy atom. The minimum absolute atomic E-state index is 0.0119. The molecule has 0 spiro atoms. The van der Waals surface area contributed by atoms with Gasteiger partial charge in [-0.15, -0.1) is 0 Å². The summed E-state index contributed by atoms with van der Waals surface area (Å²) in [5.41, 5.74) is 0.652. The van der Waals surface area contributed by atoms with E-state index < -0.39 is 15.7 Å². The van der Waals surface area contributed by atoms with Crippen molar-refractivity contribution >= 4 is 42.4 Å². The maximum Gasteiger partial charge on any atom is 0.229 e. The van der Waals surface area contributed by atoms with Crippen molar-refractivity contribution in [1.82, 2.24) is 4.98 Å². The first-order chi connectivity index (χ1) is 15.4. The van der Waals surface area contributed by atoms with Crippen molar-refractivity contribution in [3.63, 3.8) is 0 Å². The van der Waals surface area contributed by atoms with E-state index in [4.69, 9.17) is 9.47 Å². The molecule has 1 atom stereocenters. The lowest BCUT2D eigenvalue weighted by molar-refractivity contribution is -0.118. The summed E-state index contributed by atoms with van der Waals surface area (Å²) in [6, 6.07) is 10.1. The van der Waals surface area contributed by atoms with Crippen molar-refractivity contribution in [2.24, 2.45) is 0 Å². The van der Waals surface area contributed by atoms with E-state index in [2.05, 4.69) is 4.98 Å². The third-order valence-electron chi connectivity index (χ3n) is 5.29. The molecule has 0 N–H and O–H groups in total. The first kappa shape index (κ1) is 22.6. The number of methoxy groups -OCH3 is 1. The van der Waals surface area contributed by atoms with Crippen LogP contribution >= 0.6 is 11.3 Å². The SMILES string of the molecule is COc1cccc2sc(N(CC3CCCO3)C(=O)CCS(=O)(=O)c3ccc(F)cc3)nc12. The highest BCUT2D eigenvalue weighted by atomic mass is 32.2. The summed E-state index contributed by atoms with van der Waals surface area (Å²) in [4.78, 5) is 19.3. The van der Waals surface area contributed by atoms with Crippen molar-refractivity contribution in [3.05, 3.63) is 48.3 Å². The van der Waals surface area contributed by atoms with Crippen molar-refractivity contribution in [1.29, 1.82) is 0 Å². The first-order valence-electron chi connectivity index (χ1n) is 10.2. The van der Waals surface area contributed by atoms with Gasteiger partial charge in [-0.25, -0.2) is 17.8 Å². The molecule has 1 fully saturated rings. The van der Waals surface area contributed by atoms with Crippen molar-refractivity contribution in [2.45, 2.75) is 30.3 Å². The smallest absolute Gasteiger partial charge is 0.229 e. The molecule has 170 valence electrons. The Kier molecular flexibility index (Phi) is 6.73. The molecule has 1 aromatic heterocycles. The molecule has 1 saturated heterocycles. The molecular formula is C22H23FN2O5S2. The monoisotopic (exact) mass is 478 g/mol. The summed E-state index contributed by atoms with van der Waals surface area (Å²) >= 11 is 1.35. The van der Waals surface area contributed by atoms with Gasteiger partial charge in [0.1, 0.15) is 17.1 Å². The Bertz CT molecular complexity index is 1200. The molecule has 2 aromatic carbocycles. The average molecular weight is 479 g/mol. The van der Waals surface area contributed by atoms with Crippen LogP contribution in [0.25, 0.3) is 10.2 Å². The van der Waals surface area contributed by atoms with E-state index in [0.717, 1.165) is 29.7 Å². The zero-order chi connectivity index (χ0) is 22.7. The number of para-hydroxylation sites is 1. The molecule has 1 aliphatic heterocycles. The largest absolute Gasteiger partial charge is 0.494 e. The van der Waals surface area contributed by atoms with Crippen LogP contribution < -0.4 is 9.64 Å². The zero-order valence-electron chi connectivity index (χ0n) is 17.5. The summed E-state index contributed by atoms with van der Waals surface area (Å²) in [7, 11) is -2.17. The third kappa shape index (κ3) is 4.92. The number of anilines is 1. The molecule has 32 heavy (non-hydrogen) atoms. The Labute approximate surface area is 189 Å².